The number of hydrogen-bond acceptors (Lipinski definition) is 3. The van der Waals surface area contributed by atoms with Gasteiger partial charge in [-0.05, 0) is 66.8 Å². The topological polar surface area (TPSA) is 64.7 Å². The molecule has 1 aliphatic carbocycles. The van der Waals surface area contributed by atoms with E-state index in [0.717, 1.165) is 41.5 Å². The van der Waals surface area contributed by atoms with Gasteiger partial charge in [-0.15, -0.1) is 0 Å². The van der Waals surface area contributed by atoms with Crippen molar-refractivity contribution in [1.82, 2.24) is 0 Å². The molecule has 2 aromatic carbocycles. The van der Waals surface area contributed by atoms with Crippen LogP contribution in [0.5, 0.6) is 0 Å². The average Bonchev–Trinajstić information content (AvgIpc) is 2.66. The van der Waals surface area contributed by atoms with E-state index in [9.17, 15) is 4.79 Å². The molecule has 0 saturated heterocycles. The monoisotopic (exact) mass is 324 g/mol. The maximum atomic E-state index is 12.7. The summed E-state index contributed by atoms with van der Waals surface area (Å²) < 4.78 is 0. The van der Waals surface area contributed by atoms with Crippen molar-refractivity contribution in [3.8, 4) is 12.1 Å². The molecule has 0 atom stereocenters. The van der Waals surface area contributed by atoms with Gasteiger partial charge >= 0.3 is 0 Å². The Balaban J connectivity index is 1.84. The minimum atomic E-state index is 0.0833. The SMILES string of the molecule is N#Cc1ccc(/C=C2\CCC/C(=C\c3ccc(C#N)cc3)C2=O)cc1. The zero-order valence-electron chi connectivity index (χ0n) is 13.7. The van der Waals surface area contributed by atoms with Crippen LogP contribution in [0.1, 0.15) is 41.5 Å². The number of nitriles is 2. The van der Waals surface area contributed by atoms with Gasteiger partial charge < -0.3 is 0 Å². The van der Waals surface area contributed by atoms with Gasteiger partial charge in [-0.3, -0.25) is 4.79 Å². The lowest BCUT2D eigenvalue weighted by molar-refractivity contribution is -0.112. The minimum Gasteiger partial charge on any atom is -0.289 e. The van der Waals surface area contributed by atoms with Gasteiger partial charge in [0, 0.05) is 11.1 Å². The van der Waals surface area contributed by atoms with Gasteiger partial charge in [0.2, 0.25) is 0 Å². The van der Waals surface area contributed by atoms with E-state index >= 15 is 0 Å². The summed E-state index contributed by atoms with van der Waals surface area (Å²) >= 11 is 0. The van der Waals surface area contributed by atoms with Crippen molar-refractivity contribution >= 4 is 17.9 Å². The molecular weight excluding hydrogens is 308 g/mol. The van der Waals surface area contributed by atoms with Crippen molar-refractivity contribution in [3.05, 3.63) is 81.9 Å². The molecule has 0 radical (unpaired) electrons. The van der Waals surface area contributed by atoms with Crippen molar-refractivity contribution < 1.29 is 4.79 Å². The van der Waals surface area contributed by atoms with Crippen LogP contribution in [-0.4, -0.2) is 5.78 Å². The molecule has 0 aromatic heterocycles. The van der Waals surface area contributed by atoms with E-state index in [1.807, 2.05) is 36.4 Å². The Morgan fingerprint density at radius 2 is 1.12 bits per heavy atom. The second kappa shape index (κ2) is 7.43. The maximum absolute atomic E-state index is 12.7. The fourth-order valence-electron chi connectivity index (χ4n) is 2.89. The Kier molecular flexibility index (Phi) is 4.88. The first-order valence-electron chi connectivity index (χ1n) is 8.16. The molecule has 2 aromatic rings. The van der Waals surface area contributed by atoms with Crippen molar-refractivity contribution in [2.75, 3.05) is 0 Å². The van der Waals surface area contributed by atoms with E-state index in [1.165, 1.54) is 0 Å². The number of allylic oxidation sites excluding steroid dienone is 2. The summed E-state index contributed by atoms with van der Waals surface area (Å²) in [5.74, 6) is 0.0833. The van der Waals surface area contributed by atoms with Crippen LogP contribution < -0.4 is 0 Å². The molecule has 0 heterocycles. The number of hydrogen-bond donors (Lipinski definition) is 0. The zero-order chi connectivity index (χ0) is 17.6. The normalized spacial score (nSPS) is 17.3. The summed E-state index contributed by atoms with van der Waals surface area (Å²) in [6, 6.07) is 18.6. The summed E-state index contributed by atoms with van der Waals surface area (Å²) in [5, 5.41) is 17.7. The largest absolute Gasteiger partial charge is 0.289 e. The predicted molar refractivity (Wildman–Crippen MR) is 97.1 cm³/mol. The lowest BCUT2D eigenvalue weighted by atomic mass is 9.86. The van der Waals surface area contributed by atoms with Crippen LogP contribution in [-0.2, 0) is 4.79 Å². The van der Waals surface area contributed by atoms with E-state index in [1.54, 1.807) is 24.3 Å². The van der Waals surface area contributed by atoms with Crippen LogP contribution in [0.15, 0.2) is 59.7 Å². The van der Waals surface area contributed by atoms with E-state index in [2.05, 4.69) is 12.1 Å². The first-order valence-corrected chi connectivity index (χ1v) is 8.16. The second-order valence-electron chi connectivity index (χ2n) is 5.99. The Labute approximate surface area is 147 Å². The highest BCUT2D eigenvalue weighted by molar-refractivity contribution is 6.13. The Hall–Kier alpha value is -3.43. The van der Waals surface area contributed by atoms with Gasteiger partial charge in [0.1, 0.15) is 0 Å². The average molecular weight is 324 g/mol. The number of ketones is 1. The summed E-state index contributed by atoms with van der Waals surface area (Å²) in [7, 11) is 0. The molecule has 3 nitrogen and oxygen atoms in total. The number of benzene rings is 2. The molecule has 0 amide bonds. The van der Waals surface area contributed by atoms with E-state index in [4.69, 9.17) is 10.5 Å². The number of carbonyl (C=O) groups is 1. The standard InChI is InChI=1S/C22H16N2O/c23-14-18-8-4-16(5-9-18)12-20-2-1-3-21(22(20)25)13-17-6-10-19(15-24)11-7-17/h4-13H,1-3H2/b20-12+,21-13+. The highest BCUT2D eigenvalue weighted by Crippen LogP contribution is 2.28. The van der Waals surface area contributed by atoms with Gasteiger partial charge in [-0.2, -0.15) is 10.5 Å². The smallest absolute Gasteiger partial charge is 0.185 e. The van der Waals surface area contributed by atoms with Crippen LogP contribution in [0, 0.1) is 22.7 Å². The van der Waals surface area contributed by atoms with Crippen molar-refractivity contribution in [2.24, 2.45) is 0 Å². The number of carbonyl (C=O) groups excluding carboxylic acids is 1. The molecular formula is C22H16N2O. The highest BCUT2D eigenvalue weighted by Gasteiger charge is 2.20. The van der Waals surface area contributed by atoms with E-state index < -0.39 is 0 Å². The quantitative estimate of drug-likeness (QED) is 0.755. The zero-order valence-corrected chi connectivity index (χ0v) is 13.7. The first-order chi connectivity index (χ1) is 12.2. The van der Waals surface area contributed by atoms with Gasteiger partial charge in [-0.25, -0.2) is 0 Å². The Bertz CT molecular complexity index is 856. The van der Waals surface area contributed by atoms with Gasteiger partial charge in [0.15, 0.2) is 5.78 Å². The summed E-state index contributed by atoms with van der Waals surface area (Å²) in [4.78, 5) is 12.7. The molecule has 1 aliphatic rings. The van der Waals surface area contributed by atoms with Crippen LogP contribution in [0.2, 0.25) is 0 Å². The summed E-state index contributed by atoms with van der Waals surface area (Å²) in [5.41, 5.74) is 4.69. The number of rotatable bonds is 2. The molecule has 0 bridgehead atoms. The van der Waals surface area contributed by atoms with Gasteiger partial charge in [0.25, 0.3) is 0 Å². The third-order valence-corrected chi connectivity index (χ3v) is 4.24. The molecule has 1 saturated carbocycles. The molecule has 0 spiro atoms. The minimum absolute atomic E-state index is 0.0833. The molecule has 1 fully saturated rings. The van der Waals surface area contributed by atoms with E-state index in [-0.39, 0.29) is 5.78 Å². The molecule has 3 rings (SSSR count). The summed E-state index contributed by atoms with van der Waals surface area (Å²) in [6.07, 6.45) is 6.30. The lowest BCUT2D eigenvalue weighted by Gasteiger charge is -2.16. The van der Waals surface area contributed by atoms with Crippen LogP contribution in [0.4, 0.5) is 0 Å². The molecule has 0 unspecified atom stereocenters. The second-order valence-corrected chi connectivity index (χ2v) is 5.99. The van der Waals surface area contributed by atoms with Crippen molar-refractivity contribution in [2.45, 2.75) is 19.3 Å². The van der Waals surface area contributed by atoms with Crippen LogP contribution >= 0.6 is 0 Å². The Morgan fingerprint density at radius 1 is 0.720 bits per heavy atom. The van der Waals surface area contributed by atoms with Gasteiger partial charge in [0.05, 0.1) is 23.3 Å². The maximum Gasteiger partial charge on any atom is 0.185 e. The van der Waals surface area contributed by atoms with Crippen LogP contribution in [0.25, 0.3) is 12.2 Å². The lowest BCUT2D eigenvalue weighted by Crippen LogP contribution is -2.12. The highest BCUT2D eigenvalue weighted by atomic mass is 16.1. The van der Waals surface area contributed by atoms with Crippen LogP contribution in [0.3, 0.4) is 0 Å². The summed E-state index contributed by atoms with van der Waals surface area (Å²) in [6.45, 7) is 0. The predicted octanol–water partition coefficient (Wildman–Crippen LogP) is 4.65. The third kappa shape index (κ3) is 3.91. The first kappa shape index (κ1) is 16.4. The fourth-order valence-corrected chi connectivity index (χ4v) is 2.89. The number of nitrogens with zero attached hydrogens (tertiary/aromatic N) is 2. The Morgan fingerprint density at radius 3 is 1.48 bits per heavy atom. The third-order valence-electron chi connectivity index (χ3n) is 4.24. The van der Waals surface area contributed by atoms with Crippen molar-refractivity contribution in [1.29, 1.82) is 10.5 Å². The molecule has 0 N–H and O–H groups in total. The fraction of sp³-hybridized carbons (Fsp3) is 0.136. The molecule has 0 aliphatic heterocycles. The van der Waals surface area contributed by atoms with Gasteiger partial charge in [-0.1, -0.05) is 24.3 Å². The molecule has 25 heavy (non-hydrogen) atoms. The van der Waals surface area contributed by atoms with Crippen molar-refractivity contribution in [3.63, 3.8) is 0 Å². The van der Waals surface area contributed by atoms with E-state index in [0.29, 0.717) is 11.1 Å². The molecule has 3 heteroatoms. The number of Topliss-reactive ketones (excluding diaryl/α,β-unsaturated/α-hetero) is 1. The molecule has 120 valence electrons.